The molecule has 1 aliphatic heterocycles. The highest BCUT2D eigenvalue weighted by molar-refractivity contribution is 5.72. The lowest BCUT2D eigenvalue weighted by molar-refractivity contribution is 0.744. The summed E-state index contributed by atoms with van der Waals surface area (Å²) in [6.07, 6.45) is 1.81. The van der Waals surface area contributed by atoms with Gasteiger partial charge in [0.15, 0.2) is 5.65 Å². The second-order valence-corrected chi connectivity index (χ2v) is 4.90. The molecular formula is C15H14N4. The first-order valence-corrected chi connectivity index (χ1v) is 6.45. The fourth-order valence-corrected chi connectivity index (χ4v) is 2.87. The zero-order chi connectivity index (χ0) is 12.8. The number of aryl methyl sites for hydroxylation is 1. The molecule has 1 aliphatic rings. The van der Waals surface area contributed by atoms with E-state index in [1.54, 1.807) is 0 Å². The Kier molecular flexibility index (Phi) is 2.12. The first-order valence-electron chi connectivity index (χ1n) is 6.45. The Bertz CT molecular complexity index is 760. The van der Waals surface area contributed by atoms with Crippen LogP contribution in [-0.2, 0) is 7.05 Å². The molecule has 1 aromatic carbocycles. The number of pyridine rings is 1. The van der Waals surface area contributed by atoms with E-state index in [-0.39, 0.29) is 0 Å². The van der Waals surface area contributed by atoms with Gasteiger partial charge < -0.3 is 9.88 Å². The molecule has 1 unspecified atom stereocenters. The van der Waals surface area contributed by atoms with Crippen LogP contribution in [0.5, 0.6) is 0 Å². The molecule has 19 heavy (non-hydrogen) atoms. The van der Waals surface area contributed by atoms with Gasteiger partial charge in [-0.1, -0.05) is 18.2 Å². The Morgan fingerprint density at radius 2 is 2.11 bits per heavy atom. The number of anilines is 1. The zero-order valence-electron chi connectivity index (χ0n) is 10.7. The van der Waals surface area contributed by atoms with Gasteiger partial charge in [-0.25, -0.2) is 9.97 Å². The van der Waals surface area contributed by atoms with Crippen molar-refractivity contribution in [1.29, 1.82) is 0 Å². The number of hydrogen-bond donors (Lipinski definition) is 1. The molecule has 4 nitrogen and oxygen atoms in total. The number of nitrogens with zero attached hydrogens (tertiary/aromatic N) is 3. The maximum atomic E-state index is 4.75. The number of rotatable bonds is 1. The first kappa shape index (κ1) is 10.6. The SMILES string of the molecule is Cn1c(C2CNc3ccccc32)nc2cccnc21. The fourth-order valence-electron chi connectivity index (χ4n) is 2.87. The van der Waals surface area contributed by atoms with Crippen molar-refractivity contribution in [1.82, 2.24) is 14.5 Å². The predicted octanol–water partition coefficient (Wildman–Crippen LogP) is 2.53. The summed E-state index contributed by atoms with van der Waals surface area (Å²) in [4.78, 5) is 9.16. The van der Waals surface area contributed by atoms with Gasteiger partial charge in [-0.2, -0.15) is 0 Å². The second-order valence-electron chi connectivity index (χ2n) is 4.90. The van der Waals surface area contributed by atoms with Crippen LogP contribution in [0.1, 0.15) is 17.3 Å². The maximum Gasteiger partial charge on any atom is 0.159 e. The van der Waals surface area contributed by atoms with Crippen LogP contribution in [0.2, 0.25) is 0 Å². The molecule has 94 valence electrons. The van der Waals surface area contributed by atoms with E-state index in [9.17, 15) is 0 Å². The third kappa shape index (κ3) is 1.46. The van der Waals surface area contributed by atoms with E-state index in [2.05, 4.69) is 39.1 Å². The van der Waals surface area contributed by atoms with Gasteiger partial charge in [-0.05, 0) is 23.8 Å². The van der Waals surface area contributed by atoms with Crippen LogP contribution in [0.15, 0.2) is 42.6 Å². The van der Waals surface area contributed by atoms with E-state index < -0.39 is 0 Å². The topological polar surface area (TPSA) is 42.7 Å². The van der Waals surface area contributed by atoms with Gasteiger partial charge in [0.25, 0.3) is 0 Å². The number of fused-ring (bicyclic) bond motifs is 2. The maximum absolute atomic E-state index is 4.75. The van der Waals surface area contributed by atoms with Crippen molar-refractivity contribution in [3.8, 4) is 0 Å². The summed E-state index contributed by atoms with van der Waals surface area (Å²) < 4.78 is 2.10. The monoisotopic (exact) mass is 250 g/mol. The first-order chi connectivity index (χ1) is 9.34. The molecule has 0 aliphatic carbocycles. The molecule has 0 bridgehead atoms. The van der Waals surface area contributed by atoms with Crippen LogP contribution < -0.4 is 5.32 Å². The summed E-state index contributed by atoms with van der Waals surface area (Å²) >= 11 is 0. The molecule has 1 N–H and O–H groups in total. The van der Waals surface area contributed by atoms with Crippen molar-refractivity contribution in [2.75, 3.05) is 11.9 Å². The average Bonchev–Trinajstić information content (AvgIpc) is 3.01. The molecule has 2 aromatic heterocycles. The third-order valence-corrected chi connectivity index (χ3v) is 3.81. The molecule has 4 rings (SSSR count). The van der Waals surface area contributed by atoms with E-state index in [0.29, 0.717) is 5.92 Å². The largest absolute Gasteiger partial charge is 0.384 e. The summed E-state index contributed by atoms with van der Waals surface area (Å²) in [5.74, 6) is 1.38. The summed E-state index contributed by atoms with van der Waals surface area (Å²) in [7, 11) is 2.04. The number of hydrogen-bond acceptors (Lipinski definition) is 3. The molecular weight excluding hydrogens is 236 g/mol. The van der Waals surface area contributed by atoms with Gasteiger partial charge in [0.1, 0.15) is 11.3 Å². The van der Waals surface area contributed by atoms with Crippen molar-refractivity contribution in [3.05, 3.63) is 54.0 Å². The van der Waals surface area contributed by atoms with Crippen LogP contribution >= 0.6 is 0 Å². The molecule has 3 heterocycles. The van der Waals surface area contributed by atoms with Crippen LogP contribution in [-0.4, -0.2) is 21.1 Å². The number of nitrogens with one attached hydrogen (secondary N) is 1. The van der Waals surface area contributed by atoms with Crippen LogP contribution in [0.25, 0.3) is 11.2 Å². The number of para-hydroxylation sites is 1. The minimum absolute atomic E-state index is 0.301. The summed E-state index contributed by atoms with van der Waals surface area (Å²) in [5.41, 5.74) is 4.44. The van der Waals surface area contributed by atoms with Crippen molar-refractivity contribution < 1.29 is 0 Å². The van der Waals surface area contributed by atoms with E-state index in [0.717, 1.165) is 23.5 Å². The van der Waals surface area contributed by atoms with Crippen LogP contribution in [0.3, 0.4) is 0 Å². The van der Waals surface area contributed by atoms with Crippen molar-refractivity contribution in [3.63, 3.8) is 0 Å². The lowest BCUT2D eigenvalue weighted by Crippen LogP contribution is -2.10. The van der Waals surface area contributed by atoms with Crippen molar-refractivity contribution in [2.45, 2.75) is 5.92 Å². The Morgan fingerprint density at radius 3 is 3.00 bits per heavy atom. The summed E-state index contributed by atoms with van der Waals surface area (Å²) in [6, 6.07) is 12.4. The number of aromatic nitrogens is 3. The third-order valence-electron chi connectivity index (χ3n) is 3.81. The molecule has 1 atom stereocenters. The molecule has 4 heteroatoms. The summed E-state index contributed by atoms with van der Waals surface area (Å²) in [5, 5.41) is 3.45. The van der Waals surface area contributed by atoms with Crippen LogP contribution in [0.4, 0.5) is 5.69 Å². The smallest absolute Gasteiger partial charge is 0.159 e. The van der Waals surface area contributed by atoms with Crippen LogP contribution in [0, 0.1) is 0 Å². The molecule has 0 spiro atoms. The predicted molar refractivity (Wildman–Crippen MR) is 75.3 cm³/mol. The summed E-state index contributed by atoms with van der Waals surface area (Å²) in [6.45, 7) is 0.899. The molecule has 0 amide bonds. The van der Waals surface area contributed by atoms with Crippen molar-refractivity contribution in [2.24, 2.45) is 7.05 Å². The highest BCUT2D eigenvalue weighted by atomic mass is 15.1. The highest BCUT2D eigenvalue weighted by Crippen LogP contribution is 2.35. The second kappa shape index (κ2) is 3.82. The van der Waals surface area contributed by atoms with Gasteiger partial charge in [-0.3, -0.25) is 0 Å². The van der Waals surface area contributed by atoms with Crippen molar-refractivity contribution >= 4 is 16.9 Å². The molecule has 0 radical (unpaired) electrons. The Labute approximate surface area is 111 Å². The lowest BCUT2D eigenvalue weighted by atomic mass is 10.0. The number of benzene rings is 1. The molecule has 0 fully saturated rings. The molecule has 0 saturated heterocycles. The van der Waals surface area contributed by atoms with E-state index in [1.165, 1.54) is 11.3 Å². The van der Waals surface area contributed by atoms with Gasteiger partial charge >= 0.3 is 0 Å². The Balaban J connectivity index is 1.90. The minimum Gasteiger partial charge on any atom is -0.384 e. The Hall–Kier alpha value is -2.36. The van der Waals surface area contributed by atoms with Gasteiger partial charge in [0.2, 0.25) is 0 Å². The fraction of sp³-hybridized carbons (Fsp3) is 0.200. The van der Waals surface area contributed by atoms with Gasteiger partial charge in [0, 0.05) is 25.5 Å². The van der Waals surface area contributed by atoms with Gasteiger partial charge in [-0.15, -0.1) is 0 Å². The zero-order valence-corrected chi connectivity index (χ0v) is 10.7. The van der Waals surface area contributed by atoms with E-state index in [4.69, 9.17) is 4.98 Å². The average molecular weight is 250 g/mol. The minimum atomic E-state index is 0.301. The Morgan fingerprint density at radius 1 is 1.21 bits per heavy atom. The van der Waals surface area contributed by atoms with Gasteiger partial charge in [0.05, 0.1) is 5.92 Å². The number of imidazole rings is 1. The van der Waals surface area contributed by atoms with E-state index >= 15 is 0 Å². The standard InChI is InChI=1S/C15H14N4/c1-19-14(18-13-7-4-8-16-15(13)19)11-9-17-12-6-3-2-5-10(11)12/h2-8,11,17H,9H2,1H3. The lowest BCUT2D eigenvalue weighted by Gasteiger charge is -2.09. The highest BCUT2D eigenvalue weighted by Gasteiger charge is 2.27. The van der Waals surface area contributed by atoms with E-state index in [1.807, 2.05) is 25.4 Å². The molecule has 3 aromatic rings. The quantitative estimate of drug-likeness (QED) is 0.721. The normalized spacial score (nSPS) is 17.4. The molecule has 0 saturated carbocycles.